The van der Waals surface area contributed by atoms with E-state index in [1.165, 1.54) is 12.1 Å². The number of halogens is 2. The fraction of sp³-hybridized carbons (Fsp3) is 0.364. The number of carbonyl (C=O) groups excluding carboxylic acids is 1. The van der Waals surface area contributed by atoms with Gasteiger partial charge in [0.2, 0.25) is 0 Å². The zero-order valence-corrected chi connectivity index (χ0v) is 11.9. The molecule has 0 bridgehead atoms. The standard InChI is InChI=1S/C11H11Cl2NO3S/c1-6-9(12)4-7(5-10(6)18(13,16)17)11(15)14-8-2-3-8/h4-5,8H,2-3H2,1H3,(H,14,15). The molecular weight excluding hydrogens is 297 g/mol. The van der Waals surface area contributed by atoms with E-state index in [2.05, 4.69) is 5.32 Å². The van der Waals surface area contributed by atoms with E-state index in [4.69, 9.17) is 22.3 Å². The second kappa shape index (κ2) is 4.72. The van der Waals surface area contributed by atoms with Crippen molar-refractivity contribution >= 4 is 37.2 Å². The summed E-state index contributed by atoms with van der Waals surface area (Å²) < 4.78 is 22.8. The minimum atomic E-state index is -3.92. The molecule has 4 nitrogen and oxygen atoms in total. The summed E-state index contributed by atoms with van der Waals surface area (Å²) >= 11 is 5.92. The molecule has 1 aromatic carbocycles. The molecule has 0 radical (unpaired) electrons. The number of nitrogens with one attached hydrogen (secondary N) is 1. The second-order valence-corrected chi connectivity index (χ2v) is 7.21. The molecule has 1 aliphatic carbocycles. The number of hydrogen-bond acceptors (Lipinski definition) is 3. The molecule has 0 aliphatic heterocycles. The minimum Gasteiger partial charge on any atom is -0.349 e. The van der Waals surface area contributed by atoms with Crippen molar-refractivity contribution in [1.82, 2.24) is 5.32 Å². The first-order chi connectivity index (χ1) is 8.29. The van der Waals surface area contributed by atoms with Crippen molar-refractivity contribution < 1.29 is 13.2 Å². The van der Waals surface area contributed by atoms with Crippen molar-refractivity contribution in [2.45, 2.75) is 30.7 Å². The van der Waals surface area contributed by atoms with Gasteiger partial charge in [0.15, 0.2) is 0 Å². The Morgan fingerprint density at radius 1 is 1.39 bits per heavy atom. The molecular formula is C11H11Cl2NO3S. The normalized spacial score (nSPS) is 15.5. The Bertz CT molecular complexity index is 609. The average Bonchev–Trinajstić information content (AvgIpc) is 3.03. The van der Waals surface area contributed by atoms with Crippen LogP contribution >= 0.6 is 22.3 Å². The van der Waals surface area contributed by atoms with E-state index in [-0.39, 0.29) is 27.4 Å². The molecule has 1 saturated carbocycles. The first kappa shape index (κ1) is 13.6. The van der Waals surface area contributed by atoms with Crippen LogP contribution in [0.5, 0.6) is 0 Å². The highest BCUT2D eigenvalue weighted by atomic mass is 35.7. The van der Waals surface area contributed by atoms with Gasteiger partial charge in [-0.15, -0.1) is 0 Å². The monoisotopic (exact) mass is 307 g/mol. The minimum absolute atomic E-state index is 0.127. The summed E-state index contributed by atoms with van der Waals surface area (Å²) in [5.41, 5.74) is 0.548. The maximum Gasteiger partial charge on any atom is 0.261 e. The fourth-order valence-electron chi connectivity index (χ4n) is 1.53. The highest BCUT2D eigenvalue weighted by Crippen LogP contribution is 2.28. The van der Waals surface area contributed by atoms with Gasteiger partial charge in [0.05, 0.1) is 4.90 Å². The van der Waals surface area contributed by atoms with Crippen molar-refractivity contribution in [3.05, 3.63) is 28.3 Å². The predicted octanol–water partition coefficient (Wildman–Crippen LogP) is 2.47. The Labute approximate surface area is 115 Å². The van der Waals surface area contributed by atoms with E-state index >= 15 is 0 Å². The lowest BCUT2D eigenvalue weighted by molar-refractivity contribution is 0.0951. The van der Waals surface area contributed by atoms with Gasteiger partial charge < -0.3 is 5.32 Å². The average molecular weight is 308 g/mol. The van der Waals surface area contributed by atoms with Crippen molar-refractivity contribution in [3.8, 4) is 0 Å². The van der Waals surface area contributed by atoms with Crippen LogP contribution in [-0.2, 0) is 9.05 Å². The molecule has 1 amide bonds. The van der Waals surface area contributed by atoms with Crippen molar-refractivity contribution in [2.24, 2.45) is 0 Å². The molecule has 1 N–H and O–H groups in total. The predicted molar refractivity (Wildman–Crippen MR) is 69.7 cm³/mol. The van der Waals surface area contributed by atoms with Gasteiger partial charge in [0, 0.05) is 27.3 Å². The van der Waals surface area contributed by atoms with Gasteiger partial charge in [-0.2, -0.15) is 0 Å². The number of hydrogen-bond donors (Lipinski definition) is 1. The topological polar surface area (TPSA) is 63.2 Å². The van der Waals surface area contributed by atoms with Crippen LogP contribution in [0.15, 0.2) is 17.0 Å². The molecule has 0 saturated heterocycles. The molecule has 98 valence electrons. The smallest absolute Gasteiger partial charge is 0.261 e. The molecule has 0 spiro atoms. The largest absolute Gasteiger partial charge is 0.349 e. The lowest BCUT2D eigenvalue weighted by Crippen LogP contribution is -2.25. The highest BCUT2D eigenvalue weighted by molar-refractivity contribution is 8.13. The highest BCUT2D eigenvalue weighted by Gasteiger charge is 2.25. The lowest BCUT2D eigenvalue weighted by atomic mass is 10.1. The van der Waals surface area contributed by atoms with Crippen molar-refractivity contribution in [1.29, 1.82) is 0 Å². The molecule has 2 rings (SSSR count). The first-order valence-corrected chi connectivity index (χ1v) is 8.03. The van der Waals surface area contributed by atoms with E-state index < -0.39 is 9.05 Å². The van der Waals surface area contributed by atoms with Gasteiger partial charge in [0.1, 0.15) is 0 Å². The number of carbonyl (C=O) groups is 1. The van der Waals surface area contributed by atoms with Gasteiger partial charge in [-0.05, 0) is 37.5 Å². The summed E-state index contributed by atoms with van der Waals surface area (Å²) in [5, 5.41) is 2.97. The molecule has 1 aliphatic rings. The zero-order chi connectivity index (χ0) is 13.5. The van der Waals surface area contributed by atoms with Crippen molar-refractivity contribution in [2.75, 3.05) is 0 Å². The zero-order valence-electron chi connectivity index (χ0n) is 9.54. The quantitative estimate of drug-likeness (QED) is 0.873. The summed E-state index contributed by atoms with van der Waals surface area (Å²) in [6.45, 7) is 1.54. The molecule has 0 heterocycles. The number of amides is 1. The van der Waals surface area contributed by atoms with Crippen LogP contribution in [0.1, 0.15) is 28.8 Å². The van der Waals surface area contributed by atoms with Crippen LogP contribution in [0.25, 0.3) is 0 Å². The Morgan fingerprint density at radius 3 is 2.50 bits per heavy atom. The summed E-state index contributed by atoms with van der Waals surface area (Å²) in [5.74, 6) is -0.332. The Balaban J connectivity index is 2.43. The van der Waals surface area contributed by atoms with Gasteiger partial charge in [-0.1, -0.05) is 11.6 Å². The lowest BCUT2D eigenvalue weighted by Gasteiger charge is -2.09. The Morgan fingerprint density at radius 2 is 2.00 bits per heavy atom. The summed E-state index contributed by atoms with van der Waals surface area (Å²) in [7, 11) is 1.40. The molecule has 1 aromatic rings. The molecule has 1 fully saturated rings. The van der Waals surface area contributed by atoms with Gasteiger partial charge >= 0.3 is 0 Å². The molecule has 18 heavy (non-hydrogen) atoms. The van der Waals surface area contributed by atoms with Crippen LogP contribution in [0.2, 0.25) is 5.02 Å². The van der Waals surface area contributed by atoms with E-state index in [1.807, 2.05) is 0 Å². The molecule has 0 aromatic heterocycles. The van der Waals surface area contributed by atoms with Crippen molar-refractivity contribution in [3.63, 3.8) is 0 Å². The SMILES string of the molecule is Cc1c(Cl)cc(C(=O)NC2CC2)cc1S(=O)(=O)Cl. The number of benzene rings is 1. The summed E-state index contributed by atoms with van der Waals surface area (Å²) in [4.78, 5) is 11.7. The van der Waals surface area contributed by atoms with Gasteiger partial charge in [-0.25, -0.2) is 8.42 Å². The Kier molecular flexibility index (Phi) is 3.58. The van der Waals surface area contributed by atoms with E-state index in [0.717, 1.165) is 12.8 Å². The third-order valence-electron chi connectivity index (χ3n) is 2.73. The fourth-order valence-corrected chi connectivity index (χ4v) is 3.03. The van der Waals surface area contributed by atoms with Crippen LogP contribution in [0.3, 0.4) is 0 Å². The van der Waals surface area contributed by atoms with Crippen LogP contribution in [-0.4, -0.2) is 20.4 Å². The van der Waals surface area contributed by atoms with Crippen LogP contribution in [0.4, 0.5) is 0 Å². The summed E-state index contributed by atoms with van der Waals surface area (Å²) in [6, 6.07) is 2.88. The summed E-state index contributed by atoms with van der Waals surface area (Å²) in [6.07, 6.45) is 1.90. The molecule has 0 atom stereocenters. The second-order valence-electron chi connectivity index (χ2n) is 4.27. The first-order valence-electron chi connectivity index (χ1n) is 5.34. The third-order valence-corrected chi connectivity index (χ3v) is 4.57. The van der Waals surface area contributed by atoms with Gasteiger partial charge in [-0.3, -0.25) is 4.79 Å². The van der Waals surface area contributed by atoms with Crippen LogP contribution < -0.4 is 5.32 Å². The molecule has 7 heteroatoms. The van der Waals surface area contributed by atoms with E-state index in [9.17, 15) is 13.2 Å². The Hall–Kier alpha value is -0.780. The van der Waals surface area contributed by atoms with E-state index in [0.29, 0.717) is 5.56 Å². The maximum atomic E-state index is 11.8. The maximum absolute atomic E-state index is 11.8. The number of rotatable bonds is 3. The molecule has 0 unspecified atom stereocenters. The van der Waals surface area contributed by atoms with Gasteiger partial charge in [0.25, 0.3) is 15.0 Å². The van der Waals surface area contributed by atoms with Crippen LogP contribution in [0, 0.1) is 6.92 Å². The third kappa shape index (κ3) is 2.96. The van der Waals surface area contributed by atoms with E-state index in [1.54, 1.807) is 6.92 Å².